The second-order valence-corrected chi connectivity index (χ2v) is 5.14. The Morgan fingerprint density at radius 2 is 1.47 bits per heavy atom. The predicted octanol–water partition coefficient (Wildman–Crippen LogP) is 3.56. The van der Waals surface area contributed by atoms with Crippen LogP contribution in [0.1, 0.15) is 36.5 Å². The van der Waals surface area contributed by atoms with Gasteiger partial charge in [-0.1, -0.05) is 38.1 Å². The van der Waals surface area contributed by atoms with Gasteiger partial charge in [-0.15, -0.1) is 0 Å². The minimum atomic E-state index is 0.239. The number of aromatic nitrogens is 1. The number of carbonyl (C=O) groups excluding carboxylic acids is 1. The number of carbonyl (C=O) groups is 1. The second kappa shape index (κ2) is 6.28. The molecule has 0 radical (unpaired) electrons. The van der Waals surface area contributed by atoms with Gasteiger partial charge in [-0.2, -0.15) is 0 Å². The molecule has 19 heavy (non-hydrogen) atoms. The highest BCUT2D eigenvalue weighted by molar-refractivity contribution is 5.83. The molecule has 0 spiro atoms. The van der Waals surface area contributed by atoms with Crippen LogP contribution in [0.15, 0.2) is 48.8 Å². The fourth-order valence-corrected chi connectivity index (χ4v) is 2.04. The standard InChI is InChI=1S/C17H19NO/c1-13(2)16-5-3-14(4-6-16)11-17(19)12-15-7-9-18-10-8-15/h3-10,13H,11-12H2,1-2H3. The average Bonchev–Trinajstić information content (AvgIpc) is 2.40. The normalized spacial score (nSPS) is 10.7. The number of Topliss-reactive ketones (excluding diaryl/α,β-unsaturated/α-hetero) is 1. The Labute approximate surface area is 114 Å². The molecule has 0 bridgehead atoms. The SMILES string of the molecule is CC(C)c1ccc(CC(=O)Cc2ccncc2)cc1. The minimum absolute atomic E-state index is 0.239. The van der Waals surface area contributed by atoms with Gasteiger partial charge < -0.3 is 0 Å². The molecule has 0 aliphatic heterocycles. The quantitative estimate of drug-likeness (QED) is 0.815. The van der Waals surface area contributed by atoms with Crippen LogP contribution in [0.2, 0.25) is 0 Å². The highest BCUT2D eigenvalue weighted by Crippen LogP contribution is 2.15. The first-order chi connectivity index (χ1) is 9.15. The van der Waals surface area contributed by atoms with E-state index in [0.717, 1.165) is 11.1 Å². The largest absolute Gasteiger partial charge is 0.299 e. The first-order valence-electron chi connectivity index (χ1n) is 6.64. The molecule has 0 unspecified atom stereocenters. The van der Waals surface area contributed by atoms with Gasteiger partial charge in [0.1, 0.15) is 5.78 Å². The molecule has 2 heteroatoms. The molecule has 0 aliphatic carbocycles. The van der Waals surface area contributed by atoms with E-state index in [1.165, 1.54) is 5.56 Å². The van der Waals surface area contributed by atoms with Crippen LogP contribution >= 0.6 is 0 Å². The van der Waals surface area contributed by atoms with E-state index in [2.05, 4.69) is 43.1 Å². The third kappa shape index (κ3) is 4.02. The lowest BCUT2D eigenvalue weighted by atomic mass is 9.99. The summed E-state index contributed by atoms with van der Waals surface area (Å²) in [6, 6.07) is 12.1. The van der Waals surface area contributed by atoms with Crippen molar-refractivity contribution >= 4 is 5.78 Å². The Bertz CT molecular complexity index is 529. The maximum Gasteiger partial charge on any atom is 0.141 e. The highest BCUT2D eigenvalue weighted by Gasteiger charge is 2.06. The Kier molecular flexibility index (Phi) is 4.45. The summed E-state index contributed by atoms with van der Waals surface area (Å²) in [5, 5.41) is 0. The monoisotopic (exact) mass is 253 g/mol. The van der Waals surface area contributed by atoms with Crippen molar-refractivity contribution in [3.05, 3.63) is 65.5 Å². The minimum Gasteiger partial charge on any atom is -0.299 e. The molecule has 0 N–H and O–H groups in total. The van der Waals surface area contributed by atoms with Crippen molar-refractivity contribution in [3.8, 4) is 0 Å². The fraction of sp³-hybridized carbons (Fsp3) is 0.294. The van der Waals surface area contributed by atoms with Crippen LogP contribution in [-0.2, 0) is 17.6 Å². The summed E-state index contributed by atoms with van der Waals surface area (Å²) in [4.78, 5) is 15.9. The van der Waals surface area contributed by atoms with Crippen LogP contribution in [0.4, 0.5) is 0 Å². The molecule has 0 amide bonds. The molecule has 1 aromatic heterocycles. The fourth-order valence-electron chi connectivity index (χ4n) is 2.04. The predicted molar refractivity (Wildman–Crippen MR) is 77.2 cm³/mol. The van der Waals surface area contributed by atoms with Crippen molar-refractivity contribution in [2.45, 2.75) is 32.6 Å². The number of ketones is 1. The maximum absolute atomic E-state index is 12.0. The van der Waals surface area contributed by atoms with Gasteiger partial charge in [-0.3, -0.25) is 9.78 Å². The highest BCUT2D eigenvalue weighted by atomic mass is 16.1. The van der Waals surface area contributed by atoms with Crippen LogP contribution < -0.4 is 0 Å². The molecule has 1 aromatic carbocycles. The van der Waals surface area contributed by atoms with E-state index in [0.29, 0.717) is 18.8 Å². The summed E-state index contributed by atoms with van der Waals surface area (Å²) in [5.41, 5.74) is 3.42. The van der Waals surface area contributed by atoms with Gasteiger partial charge in [0.05, 0.1) is 0 Å². The Balaban J connectivity index is 1.95. The Morgan fingerprint density at radius 1 is 0.947 bits per heavy atom. The summed E-state index contributed by atoms with van der Waals surface area (Å²) in [7, 11) is 0. The van der Waals surface area contributed by atoms with Crippen LogP contribution in [0.5, 0.6) is 0 Å². The van der Waals surface area contributed by atoms with Crippen LogP contribution in [-0.4, -0.2) is 10.8 Å². The first kappa shape index (κ1) is 13.5. The van der Waals surface area contributed by atoms with Crippen molar-refractivity contribution in [2.75, 3.05) is 0 Å². The third-order valence-electron chi connectivity index (χ3n) is 3.20. The Morgan fingerprint density at radius 3 is 2.00 bits per heavy atom. The second-order valence-electron chi connectivity index (χ2n) is 5.14. The number of rotatable bonds is 5. The Hall–Kier alpha value is -1.96. The summed E-state index contributed by atoms with van der Waals surface area (Å²) in [5.74, 6) is 0.769. The molecular formula is C17H19NO. The molecule has 1 heterocycles. The van der Waals surface area contributed by atoms with Crippen molar-refractivity contribution in [2.24, 2.45) is 0 Å². The van der Waals surface area contributed by atoms with Crippen LogP contribution in [0.3, 0.4) is 0 Å². The van der Waals surface area contributed by atoms with Gasteiger partial charge >= 0.3 is 0 Å². The molecule has 2 rings (SSSR count). The van der Waals surface area contributed by atoms with E-state index in [1.807, 2.05) is 12.1 Å². The molecule has 0 saturated carbocycles. The number of hydrogen-bond donors (Lipinski definition) is 0. The van der Waals surface area contributed by atoms with Crippen LogP contribution in [0, 0.1) is 0 Å². The van der Waals surface area contributed by atoms with E-state index in [-0.39, 0.29) is 5.78 Å². The molecule has 0 fully saturated rings. The number of hydrogen-bond acceptors (Lipinski definition) is 2. The topological polar surface area (TPSA) is 30.0 Å². The summed E-state index contributed by atoms with van der Waals surface area (Å²) < 4.78 is 0. The smallest absolute Gasteiger partial charge is 0.141 e. The van der Waals surface area contributed by atoms with Gasteiger partial charge in [0.25, 0.3) is 0 Å². The molecule has 2 nitrogen and oxygen atoms in total. The molecule has 0 aliphatic rings. The molecule has 0 saturated heterocycles. The summed E-state index contributed by atoms with van der Waals surface area (Å²) in [6.45, 7) is 4.34. The van der Waals surface area contributed by atoms with Gasteiger partial charge in [0.2, 0.25) is 0 Å². The van der Waals surface area contributed by atoms with Gasteiger partial charge in [0, 0.05) is 25.2 Å². The lowest BCUT2D eigenvalue weighted by Crippen LogP contribution is -2.06. The van der Waals surface area contributed by atoms with E-state index in [1.54, 1.807) is 12.4 Å². The van der Waals surface area contributed by atoms with Crippen LogP contribution in [0.25, 0.3) is 0 Å². The number of benzene rings is 1. The van der Waals surface area contributed by atoms with E-state index >= 15 is 0 Å². The molecule has 2 aromatic rings. The van der Waals surface area contributed by atoms with E-state index in [4.69, 9.17) is 0 Å². The zero-order valence-corrected chi connectivity index (χ0v) is 11.5. The summed E-state index contributed by atoms with van der Waals surface area (Å²) >= 11 is 0. The molecular weight excluding hydrogens is 234 g/mol. The van der Waals surface area contributed by atoms with Crippen molar-refractivity contribution in [1.29, 1.82) is 0 Å². The first-order valence-corrected chi connectivity index (χ1v) is 6.64. The average molecular weight is 253 g/mol. The van der Waals surface area contributed by atoms with E-state index in [9.17, 15) is 4.79 Å². The zero-order valence-electron chi connectivity index (χ0n) is 11.5. The molecule has 0 atom stereocenters. The van der Waals surface area contributed by atoms with E-state index < -0.39 is 0 Å². The lowest BCUT2D eigenvalue weighted by Gasteiger charge is -2.06. The van der Waals surface area contributed by atoms with Crippen molar-refractivity contribution in [1.82, 2.24) is 4.98 Å². The third-order valence-corrected chi connectivity index (χ3v) is 3.20. The lowest BCUT2D eigenvalue weighted by molar-refractivity contribution is -0.117. The van der Waals surface area contributed by atoms with Crippen molar-refractivity contribution in [3.63, 3.8) is 0 Å². The molecule has 98 valence electrons. The van der Waals surface area contributed by atoms with Gasteiger partial charge in [0.15, 0.2) is 0 Å². The summed E-state index contributed by atoms with van der Waals surface area (Å²) in [6.07, 6.45) is 4.43. The number of nitrogens with zero attached hydrogens (tertiary/aromatic N) is 1. The maximum atomic E-state index is 12.0. The zero-order chi connectivity index (χ0) is 13.7. The van der Waals surface area contributed by atoms with Gasteiger partial charge in [-0.25, -0.2) is 0 Å². The van der Waals surface area contributed by atoms with Crippen molar-refractivity contribution < 1.29 is 4.79 Å². The van der Waals surface area contributed by atoms with Gasteiger partial charge in [-0.05, 0) is 34.7 Å². The number of pyridine rings is 1.